The van der Waals surface area contributed by atoms with Crippen LogP contribution in [0.25, 0.3) is 0 Å². The zero-order valence-electron chi connectivity index (χ0n) is 12.5. The number of aliphatic imine (C=N–C) groups is 1. The molecule has 0 radical (unpaired) electrons. The summed E-state index contributed by atoms with van der Waals surface area (Å²) in [7, 11) is 3.21. The van der Waals surface area contributed by atoms with Crippen molar-refractivity contribution in [2.24, 2.45) is 10.9 Å². The van der Waals surface area contributed by atoms with Gasteiger partial charge >= 0.3 is 5.97 Å². The topological polar surface area (TPSA) is 84.6 Å². The number of carbonyl (C=O) groups excluding carboxylic acids is 1. The zero-order chi connectivity index (χ0) is 15.1. The third-order valence-corrected chi connectivity index (χ3v) is 3.63. The van der Waals surface area contributed by atoms with Crippen LogP contribution in [0.5, 0.6) is 0 Å². The molecular formula is C13H22N6O2. The SMILES string of the molecule is CN=C(NCCn1cncn1)N1CCC(C(=O)OC)CC1. The molecule has 1 aliphatic heterocycles. The number of rotatable bonds is 4. The van der Waals surface area contributed by atoms with E-state index in [0.29, 0.717) is 0 Å². The Morgan fingerprint density at radius 1 is 1.48 bits per heavy atom. The molecule has 0 bridgehead atoms. The van der Waals surface area contributed by atoms with Gasteiger partial charge in [-0.1, -0.05) is 0 Å². The highest BCUT2D eigenvalue weighted by atomic mass is 16.5. The molecule has 0 atom stereocenters. The van der Waals surface area contributed by atoms with Crippen molar-refractivity contribution >= 4 is 11.9 Å². The van der Waals surface area contributed by atoms with Crippen molar-refractivity contribution in [3.63, 3.8) is 0 Å². The molecular weight excluding hydrogens is 272 g/mol. The van der Waals surface area contributed by atoms with E-state index >= 15 is 0 Å². The molecule has 116 valence electrons. The van der Waals surface area contributed by atoms with Gasteiger partial charge in [0, 0.05) is 26.7 Å². The number of nitrogens with zero attached hydrogens (tertiary/aromatic N) is 5. The number of hydrogen-bond acceptors (Lipinski definition) is 5. The Morgan fingerprint density at radius 3 is 2.81 bits per heavy atom. The second kappa shape index (κ2) is 7.61. The fourth-order valence-electron chi connectivity index (χ4n) is 2.46. The highest BCUT2D eigenvalue weighted by Gasteiger charge is 2.26. The number of methoxy groups -OCH3 is 1. The first-order chi connectivity index (χ1) is 10.2. The molecule has 0 aromatic carbocycles. The first-order valence-electron chi connectivity index (χ1n) is 7.10. The summed E-state index contributed by atoms with van der Waals surface area (Å²) in [6, 6.07) is 0. The molecule has 0 saturated carbocycles. The van der Waals surface area contributed by atoms with Gasteiger partial charge in [-0.25, -0.2) is 4.98 Å². The van der Waals surface area contributed by atoms with Crippen LogP contribution in [-0.4, -0.2) is 65.4 Å². The molecule has 0 amide bonds. The van der Waals surface area contributed by atoms with E-state index in [1.165, 1.54) is 13.4 Å². The number of ether oxygens (including phenoxy) is 1. The average molecular weight is 294 g/mol. The van der Waals surface area contributed by atoms with Crippen molar-refractivity contribution in [2.45, 2.75) is 19.4 Å². The van der Waals surface area contributed by atoms with Crippen molar-refractivity contribution in [1.82, 2.24) is 25.0 Å². The molecule has 0 unspecified atom stereocenters. The Balaban J connectivity index is 1.76. The minimum Gasteiger partial charge on any atom is -0.469 e. The molecule has 8 heteroatoms. The number of likely N-dealkylation sites (tertiary alicyclic amines) is 1. The third-order valence-electron chi connectivity index (χ3n) is 3.63. The number of piperidine rings is 1. The van der Waals surface area contributed by atoms with Crippen LogP contribution in [0, 0.1) is 5.92 Å². The second-order valence-electron chi connectivity index (χ2n) is 4.92. The second-order valence-corrected chi connectivity index (χ2v) is 4.92. The number of hydrogen-bond donors (Lipinski definition) is 1. The Labute approximate surface area is 124 Å². The highest BCUT2D eigenvalue weighted by molar-refractivity contribution is 5.80. The standard InChI is InChI=1S/C13H22N6O2/c1-14-13(16-5-8-19-10-15-9-17-19)18-6-3-11(4-7-18)12(20)21-2/h9-11H,3-8H2,1-2H3,(H,14,16). The van der Waals surface area contributed by atoms with Crippen molar-refractivity contribution in [1.29, 1.82) is 0 Å². The predicted octanol–water partition coefficient (Wildman–Crippen LogP) is -0.261. The van der Waals surface area contributed by atoms with E-state index in [-0.39, 0.29) is 11.9 Å². The Hall–Kier alpha value is -2.12. The average Bonchev–Trinajstić information content (AvgIpc) is 3.04. The number of aromatic nitrogens is 3. The monoisotopic (exact) mass is 294 g/mol. The largest absolute Gasteiger partial charge is 0.469 e. The molecule has 1 aromatic rings. The first kappa shape index (κ1) is 15.3. The van der Waals surface area contributed by atoms with E-state index in [0.717, 1.165) is 45.0 Å². The maximum Gasteiger partial charge on any atom is 0.308 e. The van der Waals surface area contributed by atoms with Gasteiger partial charge in [-0.3, -0.25) is 14.5 Å². The zero-order valence-corrected chi connectivity index (χ0v) is 12.5. The minimum absolute atomic E-state index is 0.0134. The Bertz CT molecular complexity index is 465. The third kappa shape index (κ3) is 4.17. The molecule has 1 saturated heterocycles. The summed E-state index contributed by atoms with van der Waals surface area (Å²) in [5.41, 5.74) is 0. The maximum absolute atomic E-state index is 11.5. The quantitative estimate of drug-likeness (QED) is 0.468. The molecule has 1 N–H and O–H groups in total. The van der Waals surface area contributed by atoms with Crippen molar-refractivity contribution in [3.8, 4) is 0 Å². The van der Waals surface area contributed by atoms with Crippen molar-refractivity contribution < 1.29 is 9.53 Å². The number of carbonyl (C=O) groups is 1. The molecule has 2 heterocycles. The molecule has 0 spiro atoms. The van der Waals surface area contributed by atoms with Crippen LogP contribution in [-0.2, 0) is 16.1 Å². The van der Waals surface area contributed by atoms with Gasteiger partial charge in [-0.05, 0) is 12.8 Å². The summed E-state index contributed by atoms with van der Waals surface area (Å²) >= 11 is 0. The summed E-state index contributed by atoms with van der Waals surface area (Å²) in [6.07, 6.45) is 4.81. The van der Waals surface area contributed by atoms with E-state index in [1.807, 2.05) is 0 Å². The van der Waals surface area contributed by atoms with Gasteiger partial charge < -0.3 is 15.0 Å². The molecule has 1 aliphatic rings. The fourth-order valence-corrected chi connectivity index (χ4v) is 2.46. The van der Waals surface area contributed by atoms with Crippen molar-refractivity contribution in [3.05, 3.63) is 12.7 Å². The number of esters is 1. The van der Waals surface area contributed by atoms with Crippen LogP contribution in [0.1, 0.15) is 12.8 Å². The summed E-state index contributed by atoms with van der Waals surface area (Å²) in [6.45, 7) is 3.08. The molecule has 0 aliphatic carbocycles. The summed E-state index contributed by atoms with van der Waals surface area (Å²) in [5.74, 6) is 0.765. The molecule has 1 aromatic heterocycles. The minimum atomic E-state index is -0.108. The van der Waals surface area contributed by atoms with E-state index in [2.05, 4.69) is 25.3 Å². The lowest BCUT2D eigenvalue weighted by Gasteiger charge is -2.33. The lowest BCUT2D eigenvalue weighted by Crippen LogP contribution is -2.47. The van der Waals surface area contributed by atoms with Crippen molar-refractivity contribution in [2.75, 3.05) is 33.8 Å². The van der Waals surface area contributed by atoms with E-state index < -0.39 is 0 Å². The lowest BCUT2D eigenvalue weighted by molar-refractivity contribution is -0.146. The first-order valence-corrected chi connectivity index (χ1v) is 7.10. The smallest absolute Gasteiger partial charge is 0.308 e. The van der Waals surface area contributed by atoms with E-state index in [1.54, 1.807) is 18.1 Å². The van der Waals surface area contributed by atoms with Crippen LogP contribution in [0.2, 0.25) is 0 Å². The Kier molecular flexibility index (Phi) is 5.53. The fraction of sp³-hybridized carbons (Fsp3) is 0.692. The van der Waals surface area contributed by atoms with Crippen LogP contribution in [0.4, 0.5) is 0 Å². The van der Waals surface area contributed by atoms with Gasteiger partial charge in [0.05, 0.1) is 19.6 Å². The van der Waals surface area contributed by atoms with Gasteiger partial charge in [-0.15, -0.1) is 0 Å². The van der Waals surface area contributed by atoms with Gasteiger partial charge in [0.1, 0.15) is 12.7 Å². The van der Waals surface area contributed by atoms with Gasteiger partial charge in [-0.2, -0.15) is 5.10 Å². The molecule has 8 nitrogen and oxygen atoms in total. The van der Waals surface area contributed by atoms with Gasteiger partial charge in [0.25, 0.3) is 0 Å². The van der Waals surface area contributed by atoms with E-state index in [4.69, 9.17) is 4.74 Å². The molecule has 1 fully saturated rings. The van der Waals surface area contributed by atoms with E-state index in [9.17, 15) is 4.79 Å². The van der Waals surface area contributed by atoms with Gasteiger partial charge in [0.15, 0.2) is 5.96 Å². The van der Waals surface area contributed by atoms with Crippen LogP contribution in [0.15, 0.2) is 17.6 Å². The molecule has 21 heavy (non-hydrogen) atoms. The number of nitrogens with one attached hydrogen (secondary N) is 1. The lowest BCUT2D eigenvalue weighted by atomic mass is 9.97. The maximum atomic E-state index is 11.5. The van der Waals surface area contributed by atoms with Crippen LogP contribution < -0.4 is 5.32 Å². The summed E-state index contributed by atoms with van der Waals surface area (Å²) in [4.78, 5) is 21.9. The predicted molar refractivity (Wildman–Crippen MR) is 77.7 cm³/mol. The van der Waals surface area contributed by atoms with Gasteiger partial charge in [0.2, 0.25) is 0 Å². The molecule has 2 rings (SSSR count). The summed E-state index contributed by atoms with van der Waals surface area (Å²) in [5, 5.41) is 7.36. The van der Waals surface area contributed by atoms with Crippen LogP contribution in [0.3, 0.4) is 0 Å². The summed E-state index contributed by atoms with van der Waals surface area (Å²) < 4.78 is 6.57. The van der Waals surface area contributed by atoms with Crippen LogP contribution >= 0.6 is 0 Å². The Morgan fingerprint density at radius 2 is 2.24 bits per heavy atom. The normalized spacial score (nSPS) is 16.9. The number of guanidine groups is 1. The highest BCUT2D eigenvalue weighted by Crippen LogP contribution is 2.18.